The van der Waals surface area contributed by atoms with Crippen LogP contribution in [0, 0.1) is 40.4 Å². The van der Waals surface area contributed by atoms with Gasteiger partial charge in [0.2, 0.25) is 29.7 Å². The van der Waals surface area contributed by atoms with Gasteiger partial charge in [-0.2, -0.15) is 5.26 Å². The number of pyridine rings is 1. The molecule has 4 amide bonds. The molecule has 2 saturated heterocycles. The van der Waals surface area contributed by atoms with Crippen LogP contribution >= 0.6 is 0 Å². The number of likely N-dealkylation sites (tertiary alicyclic amines) is 2. The number of nitrogens with one attached hydrogen (secondary N) is 2. The van der Waals surface area contributed by atoms with Gasteiger partial charge in [0.25, 0.3) is 5.91 Å². The van der Waals surface area contributed by atoms with Crippen LogP contribution in [0.3, 0.4) is 0 Å². The topological polar surface area (TPSA) is 154 Å². The predicted molar refractivity (Wildman–Crippen MR) is 151 cm³/mol. The van der Waals surface area contributed by atoms with E-state index in [1.165, 1.54) is 16.0 Å². The highest BCUT2D eigenvalue weighted by Gasteiger charge is 2.65. The fourth-order valence-electron chi connectivity index (χ4n) is 7.84. The fraction of sp³-hybridized carbons (Fsp3) is 0.667. The summed E-state index contributed by atoms with van der Waals surface area (Å²) < 4.78 is 25.4. The van der Waals surface area contributed by atoms with Crippen LogP contribution in [-0.4, -0.2) is 96.1 Å². The number of ether oxygens (including phenoxy) is 2. The Hall–Kier alpha value is -3.79. The Labute approximate surface area is 250 Å². The van der Waals surface area contributed by atoms with Gasteiger partial charge >= 0.3 is 0 Å². The molecule has 4 fully saturated rings. The van der Waals surface area contributed by atoms with Crippen molar-refractivity contribution in [2.24, 2.45) is 29.1 Å². The van der Waals surface area contributed by atoms with Gasteiger partial charge in [-0.25, -0.2) is 9.37 Å². The lowest BCUT2D eigenvalue weighted by atomic mass is 9.77. The third kappa shape index (κ3) is 5.09. The van der Waals surface area contributed by atoms with E-state index >= 15 is 4.39 Å². The Kier molecular flexibility index (Phi) is 8.11. The molecule has 5 aliphatic rings. The molecule has 2 aliphatic carbocycles. The minimum absolute atomic E-state index is 0.0471. The Morgan fingerprint density at radius 3 is 2.67 bits per heavy atom. The SMILES string of the molecule is CC(C)(C)C(NC=O)C(=O)N1CC2C3CC(F)C(C3)C2C1C(=O)N1CC2(CC1C#N)Oc1ncccc1NC2=O.COC. The van der Waals surface area contributed by atoms with Gasteiger partial charge in [-0.05, 0) is 54.1 Å². The highest BCUT2D eigenvalue weighted by molar-refractivity contribution is 6.02. The molecule has 43 heavy (non-hydrogen) atoms. The molecule has 12 nitrogen and oxygen atoms in total. The van der Waals surface area contributed by atoms with Crippen molar-refractivity contribution < 1.29 is 33.0 Å². The third-order valence-electron chi connectivity index (χ3n) is 9.64. The summed E-state index contributed by atoms with van der Waals surface area (Å²) in [5.74, 6) is -1.93. The maximum atomic E-state index is 15.1. The molecule has 1 aromatic rings. The summed E-state index contributed by atoms with van der Waals surface area (Å²) in [4.78, 5) is 60.1. The van der Waals surface area contributed by atoms with E-state index in [2.05, 4.69) is 26.4 Å². The van der Waals surface area contributed by atoms with Crippen LogP contribution in [0.2, 0.25) is 0 Å². The number of methoxy groups -OCH3 is 1. The van der Waals surface area contributed by atoms with Gasteiger partial charge in [-0.15, -0.1) is 0 Å². The van der Waals surface area contributed by atoms with Gasteiger partial charge in [0, 0.05) is 33.4 Å². The Balaban J connectivity index is 0.00000118. The van der Waals surface area contributed by atoms with E-state index < -0.39 is 59.0 Å². The maximum absolute atomic E-state index is 15.1. The molecule has 2 N–H and O–H groups in total. The Bertz CT molecular complexity index is 1330. The van der Waals surface area contributed by atoms with Gasteiger partial charge in [0.15, 0.2) is 0 Å². The zero-order valence-corrected chi connectivity index (χ0v) is 25.1. The van der Waals surface area contributed by atoms with Crippen molar-refractivity contribution in [3.63, 3.8) is 0 Å². The second-order valence-electron chi connectivity index (χ2n) is 13.3. The lowest BCUT2D eigenvalue weighted by Gasteiger charge is -2.38. The zero-order chi connectivity index (χ0) is 31.3. The lowest BCUT2D eigenvalue weighted by Crippen LogP contribution is -2.59. The van der Waals surface area contributed by atoms with Crippen LogP contribution < -0.4 is 15.4 Å². The van der Waals surface area contributed by atoms with Crippen LogP contribution in [-0.2, 0) is 23.9 Å². The molecule has 6 rings (SSSR count). The molecular weight excluding hydrogens is 559 g/mol. The number of carbonyl (C=O) groups excluding carboxylic acids is 4. The summed E-state index contributed by atoms with van der Waals surface area (Å²) in [6, 6.07) is 2.54. The number of hydrogen-bond acceptors (Lipinski definition) is 8. The van der Waals surface area contributed by atoms with E-state index in [4.69, 9.17) is 4.74 Å². The normalized spacial score (nSPS) is 34.3. The van der Waals surface area contributed by atoms with Gasteiger partial charge in [0.1, 0.15) is 30.0 Å². The van der Waals surface area contributed by atoms with E-state index in [1.807, 2.05) is 20.8 Å². The van der Waals surface area contributed by atoms with Crippen molar-refractivity contribution in [2.75, 3.05) is 32.6 Å². The van der Waals surface area contributed by atoms with Crippen molar-refractivity contribution in [2.45, 2.75) is 69.9 Å². The van der Waals surface area contributed by atoms with E-state index in [-0.39, 0.29) is 43.1 Å². The van der Waals surface area contributed by atoms with E-state index in [9.17, 15) is 24.4 Å². The van der Waals surface area contributed by atoms with Crippen LogP contribution in [0.1, 0.15) is 40.0 Å². The molecule has 2 bridgehead atoms. The minimum atomic E-state index is -1.52. The molecule has 1 spiro atoms. The average Bonchev–Trinajstić information content (AvgIpc) is 3.71. The Morgan fingerprint density at radius 1 is 1.30 bits per heavy atom. The number of carbonyl (C=O) groups is 4. The van der Waals surface area contributed by atoms with Crippen molar-refractivity contribution in [1.82, 2.24) is 20.1 Å². The van der Waals surface area contributed by atoms with Crippen LogP contribution in [0.25, 0.3) is 0 Å². The molecular formula is C30H39FN6O6. The summed E-state index contributed by atoms with van der Waals surface area (Å²) in [6.45, 7) is 5.54. The molecule has 2 saturated carbocycles. The minimum Gasteiger partial charge on any atom is -0.457 e. The average molecular weight is 599 g/mol. The number of nitriles is 1. The third-order valence-corrected chi connectivity index (χ3v) is 9.64. The first kappa shape index (κ1) is 30.7. The molecule has 9 atom stereocenters. The quantitative estimate of drug-likeness (QED) is 0.495. The largest absolute Gasteiger partial charge is 0.457 e. The van der Waals surface area contributed by atoms with Gasteiger partial charge in [-0.1, -0.05) is 20.8 Å². The second-order valence-corrected chi connectivity index (χ2v) is 13.3. The highest BCUT2D eigenvalue weighted by Crippen LogP contribution is 2.59. The monoisotopic (exact) mass is 598 g/mol. The van der Waals surface area contributed by atoms with Crippen LogP contribution in [0.5, 0.6) is 5.88 Å². The first-order valence-electron chi connectivity index (χ1n) is 14.6. The number of amides is 4. The van der Waals surface area contributed by atoms with Gasteiger partial charge < -0.3 is 29.9 Å². The molecule has 0 aromatic carbocycles. The zero-order valence-electron chi connectivity index (χ0n) is 25.1. The number of hydrogen-bond donors (Lipinski definition) is 2. The second kappa shape index (κ2) is 11.4. The molecule has 9 unspecified atom stereocenters. The molecule has 232 valence electrons. The van der Waals surface area contributed by atoms with E-state index in [1.54, 1.807) is 26.4 Å². The number of alkyl halides is 1. The lowest BCUT2D eigenvalue weighted by molar-refractivity contribution is -0.149. The number of anilines is 1. The molecule has 4 heterocycles. The summed E-state index contributed by atoms with van der Waals surface area (Å²) in [5.41, 5.74) is -1.76. The summed E-state index contributed by atoms with van der Waals surface area (Å²) in [6.07, 6.45) is 1.95. The van der Waals surface area contributed by atoms with Crippen molar-refractivity contribution in [3.8, 4) is 11.9 Å². The summed E-state index contributed by atoms with van der Waals surface area (Å²) in [7, 11) is 3.25. The number of aromatic nitrogens is 1. The van der Waals surface area contributed by atoms with Crippen LogP contribution in [0.15, 0.2) is 18.3 Å². The van der Waals surface area contributed by atoms with Crippen molar-refractivity contribution in [1.29, 1.82) is 5.26 Å². The first-order valence-corrected chi connectivity index (χ1v) is 14.6. The highest BCUT2D eigenvalue weighted by atomic mass is 19.1. The fourth-order valence-corrected chi connectivity index (χ4v) is 7.84. The van der Waals surface area contributed by atoms with E-state index in [0.29, 0.717) is 24.9 Å². The molecule has 0 radical (unpaired) electrons. The standard InChI is InChI=1S/C28H33FN6O5.C2H6O/c1-27(2,3)22(32-13-36)25(38)34-11-17-14-7-16(18(29)8-14)20(17)21(34)24(37)35-12-28(9-15(35)10-30)26(39)33-19-5-4-6-31-23(19)40-28;1-3-2/h4-6,13-18,20-22H,7-9,11-12H2,1-3H3,(H,32,36)(H,33,39);1-2H3. The number of halogens is 1. The van der Waals surface area contributed by atoms with Crippen molar-refractivity contribution >= 4 is 29.8 Å². The first-order chi connectivity index (χ1) is 20.4. The number of nitrogens with zero attached hydrogens (tertiary/aromatic N) is 4. The Morgan fingerprint density at radius 2 is 2.02 bits per heavy atom. The number of rotatable bonds is 4. The summed E-state index contributed by atoms with van der Waals surface area (Å²) >= 11 is 0. The predicted octanol–water partition coefficient (Wildman–Crippen LogP) is 1.52. The molecule has 1 aromatic heterocycles. The number of fused-ring (bicyclic) bond motifs is 6. The van der Waals surface area contributed by atoms with Crippen molar-refractivity contribution in [3.05, 3.63) is 18.3 Å². The maximum Gasteiger partial charge on any atom is 0.270 e. The van der Waals surface area contributed by atoms with Crippen LogP contribution in [0.4, 0.5) is 10.1 Å². The van der Waals surface area contributed by atoms with Gasteiger partial charge in [-0.3, -0.25) is 19.2 Å². The molecule has 3 aliphatic heterocycles. The van der Waals surface area contributed by atoms with E-state index in [0.717, 1.165) is 0 Å². The molecule has 13 heteroatoms. The van der Waals surface area contributed by atoms with Gasteiger partial charge in [0.05, 0.1) is 12.6 Å². The summed E-state index contributed by atoms with van der Waals surface area (Å²) in [5, 5.41) is 15.5. The smallest absolute Gasteiger partial charge is 0.270 e.